The molecule has 1 aliphatic rings. The number of nitrogens with zero attached hydrogens (tertiary/aromatic N) is 1. The second-order valence-corrected chi connectivity index (χ2v) is 3.86. The van der Waals surface area contributed by atoms with E-state index in [1.165, 1.54) is 12.1 Å². The van der Waals surface area contributed by atoms with Gasteiger partial charge < -0.3 is 14.9 Å². The number of carbonyl (C=O) groups is 1. The summed E-state index contributed by atoms with van der Waals surface area (Å²) in [7, 11) is 0. The number of hydrogen-bond donors (Lipinski definition) is 2. The largest absolute Gasteiger partial charge is 0.534 e. The Bertz CT molecular complexity index is 420. The second-order valence-electron chi connectivity index (χ2n) is 3.86. The smallest absolute Gasteiger partial charge is 0.492 e. The maximum atomic E-state index is 11.3. The van der Waals surface area contributed by atoms with Crippen LogP contribution >= 0.6 is 0 Å². The molecule has 0 amide bonds. The highest BCUT2D eigenvalue weighted by Gasteiger charge is 2.40. The first-order chi connectivity index (χ1) is 8.11. The molecule has 1 aromatic heterocycles. The van der Waals surface area contributed by atoms with Crippen LogP contribution in [0.1, 0.15) is 12.8 Å². The predicted molar refractivity (Wildman–Crippen MR) is 57.5 cm³/mol. The van der Waals surface area contributed by atoms with E-state index in [0.717, 1.165) is 12.8 Å². The molecule has 2 N–H and O–H groups in total. The van der Waals surface area contributed by atoms with Crippen molar-refractivity contribution in [1.29, 1.82) is 0 Å². The summed E-state index contributed by atoms with van der Waals surface area (Å²) >= 11 is 0. The molecule has 6 nitrogen and oxygen atoms in total. The average molecular weight is 239 g/mol. The Labute approximate surface area is 97.6 Å². The van der Waals surface area contributed by atoms with Gasteiger partial charge in [0.1, 0.15) is 6.10 Å². The van der Waals surface area contributed by atoms with Gasteiger partial charge in [-0.05, 0) is 12.8 Å². The van der Waals surface area contributed by atoms with Crippen LogP contribution in [0.5, 0.6) is 11.8 Å². The molecule has 0 saturated heterocycles. The summed E-state index contributed by atoms with van der Waals surface area (Å²) in [6.45, 7) is 3.60. The highest BCUT2D eigenvalue weighted by atomic mass is 16.8. The van der Waals surface area contributed by atoms with Gasteiger partial charge >= 0.3 is 6.16 Å². The standard InChI is InChI=1S/C11H13NO5/c1-2-3-7-6-8(7)16-11(15)17-12-9(13)4-5-10(12)14/h2,4-5,7-8,13-14H,1,3,6H2/t7-,8-/m1/s1. The fraction of sp³-hybridized carbons (Fsp3) is 0.364. The van der Waals surface area contributed by atoms with Crippen LogP contribution in [0.3, 0.4) is 0 Å². The third kappa shape index (κ3) is 2.52. The molecule has 1 aliphatic carbocycles. The van der Waals surface area contributed by atoms with Crippen LogP contribution in [-0.2, 0) is 4.74 Å². The molecule has 2 rings (SSSR count). The van der Waals surface area contributed by atoms with E-state index in [0.29, 0.717) is 10.6 Å². The molecule has 0 aromatic carbocycles. The minimum Gasteiger partial charge on any atom is -0.492 e. The van der Waals surface area contributed by atoms with Crippen LogP contribution in [0.15, 0.2) is 24.8 Å². The van der Waals surface area contributed by atoms with Gasteiger partial charge in [0.05, 0.1) is 0 Å². The molecule has 0 bridgehead atoms. The zero-order valence-corrected chi connectivity index (χ0v) is 9.07. The molecule has 0 aliphatic heterocycles. The van der Waals surface area contributed by atoms with Crippen molar-refractivity contribution in [3.63, 3.8) is 0 Å². The van der Waals surface area contributed by atoms with Crippen molar-refractivity contribution in [2.75, 3.05) is 0 Å². The number of aromatic hydroxyl groups is 2. The van der Waals surface area contributed by atoms with E-state index < -0.39 is 6.16 Å². The zero-order valence-electron chi connectivity index (χ0n) is 9.07. The molecule has 6 heteroatoms. The van der Waals surface area contributed by atoms with E-state index >= 15 is 0 Å². The van der Waals surface area contributed by atoms with Gasteiger partial charge in [-0.15, -0.1) is 11.3 Å². The lowest BCUT2D eigenvalue weighted by Gasteiger charge is -2.07. The molecular weight excluding hydrogens is 226 g/mol. The fourth-order valence-corrected chi connectivity index (χ4v) is 1.54. The highest BCUT2D eigenvalue weighted by Crippen LogP contribution is 2.37. The summed E-state index contributed by atoms with van der Waals surface area (Å²) in [6, 6.07) is 2.39. The van der Waals surface area contributed by atoms with E-state index in [1.54, 1.807) is 6.08 Å². The Morgan fingerprint density at radius 1 is 1.53 bits per heavy atom. The van der Waals surface area contributed by atoms with Crippen LogP contribution in [0, 0.1) is 5.92 Å². The van der Waals surface area contributed by atoms with Crippen LogP contribution in [0.25, 0.3) is 0 Å². The molecule has 1 aromatic rings. The molecular formula is C11H13NO5. The summed E-state index contributed by atoms with van der Waals surface area (Å²) in [6.07, 6.45) is 2.22. The third-order valence-electron chi connectivity index (χ3n) is 2.54. The van der Waals surface area contributed by atoms with Crippen molar-refractivity contribution in [3.05, 3.63) is 24.8 Å². The summed E-state index contributed by atoms with van der Waals surface area (Å²) in [5.41, 5.74) is 0. The quantitative estimate of drug-likeness (QED) is 0.613. The Hall–Kier alpha value is -2.11. The molecule has 1 saturated carbocycles. The maximum Gasteiger partial charge on any atom is 0.534 e. The Balaban J connectivity index is 1.84. The van der Waals surface area contributed by atoms with Gasteiger partial charge in [-0.2, -0.15) is 0 Å². The average Bonchev–Trinajstić information content (AvgIpc) is 2.93. The summed E-state index contributed by atoms with van der Waals surface area (Å²) < 4.78 is 5.55. The number of carbonyl (C=O) groups excluding carboxylic acids is 1. The lowest BCUT2D eigenvalue weighted by atomic mass is 10.3. The number of aromatic nitrogens is 1. The van der Waals surface area contributed by atoms with E-state index in [1.807, 2.05) is 0 Å². The predicted octanol–water partition coefficient (Wildman–Crippen LogP) is 1.43. The second kappa shape index (κ2) is 4.40. The molecule has 0 radical (unpaired) electrons. The van der Waals surface area contributed by atoms with Gasteiger partial charge in [-0.3, -0.25) is 4.84 Å². The Kier molecular flexibility index (Phi) is 2.95. The SMILES string of the molecule is C=CC[C@@H]1C[C@H]1OC(=O)On1c(O)ccc1O. The minimum absolute atomic E-state index is 0.166. The van der Waals surface area contributed by atoms with Gasteiger partial charge in [-0.25, -0.2) is 4.79 Å². The van der Waals surface area contributed by atoms with Crippen molar-refractivity contribution >= 4 is 6.16 Å². The first-order valence-corrected chi connectivity index (χ1v) is 5.21. The number of rotatable bonds is 4. The lowest BCUT2D eigenvalue weighted by molar-refractivity contribution is 0.0281. The molecule has 1 fully saturated rings. The maximum absolute atomic E-state index is 11.3. The monoisotopic (exact) mass is 239 g/mol. The normalized spacial score (nSPS) is 21.9. The number of allylic oxidation sites excluding steroid dienone is 1. The van der Waals surface area contributed by atoms with Crippen LogP contribution < -0.4 is 4.84 Å². The summed E-state index contributed by atoms with van der Waals surface area (Å²) in [4.78, 5) is 15.9. The lowest BCUT2D eigenvalue weighted by Crippen LogP contribution is -2.21. The molecule has 92 valence electrons. The van der Waals surface area contributed by atoms with E-state index in [-0.39, 0.29) is 17.9 Å². The van der Waals surface area contributed by atoms with Gasteiger partial charge in [0, 0.05) is 18.1 Å². The minimum atomic E-state index is -0.955. The van der Waals surface area contributed by atoms with Crippen molar-refractivity contribution in [1.82, 2.24) is 4.73 Å². The van der Waals surface area contributed by atoms with Gasteiger partial charge in [0.15, 0.2) is 0 Å². The van der Waals surface area contributed by atoms with Crippen LogP contribution in [0.2, 0.25) is 0 Å². The van der Waals surface area contributed by atoms with Crippen molar-refractivity contribution in [2.45, 2.75) is 18.9 Å². The number of hydrogen-bond acceptors (Lipinski definition) is 5. The van der Waals surface area contributed by atoms with Gasteiger partial charge in [0.2, 0.25) is 11.8 Å². The first kappa shape index (κ1) is 11.4. The number of ether oxygens (including phenoxy) is 1. The highest BCUT2D eigenvalue weighted by molar-refractivity contribution is 5.61. The van der Waals surface area contributed by atoms with Gasteiger partial charge in [-0.1, -0.05) is 6.08 Å². The summed E-state index contributed by atoms with van der Waals surface area (Å²) in [5.74, 6) is -0.456. The fourth-order valence-electron chi connectivity index (χ4n) is 1.54. The van der Waals surface area contributed by atoms with Crippen LogP contribution in [-0.4, -0.2) is 27.2 Å². The third-order valence-corrected chi connectivity index (χ3v) is 2.54. The van der Waals surface area contributed by atoms with Crippen molar-refractivity contribution in [2.24, 2.45) is 5.92 Å². The molecule has 0 spiro atoms. The summed E-state index contributed by atoms with van der Waals surface area (Å²) in [5, 5.41) is 18.4. The Morgan fingerprint density at radius 3 is 2.76 bits per heavy atom. The van der Waals surface area contributed by atoms with Crippen LogP contribution in [0.4, 0.5) is 4.79 Å². The van der Waals surface area contributed by atoms with Gasteiger partial charge in [0.25, 0.3) is 0 Å². The van der Waals surface area contributed by atoms with E-state index in [9.17, 15) is 15.0 Å². The van der Waals surface area contributed by atoms with E-state index in [2.05, 4.69) is 11.4 Å². The van der Waals surface area contributed by atoms with Crippen molar-refractivity contribution < 1.29 is 24.6 Å². The van der Waals surface area contributed by atoms with Crippen molar-refractivity contribution in [3.8, 4) is 11.8 Å². The zero-order chi connectivity index (χ0) is 12.4. The molecule has 1 heterocycles. The molecule has 17 heavy (non-hydrogen) atoms. The Morgan fingerprint density at radius 2 is 2.18 bits per heavy atom. The topological polar surface area (TPSA) is 80.9 Å². The molecule has 2 atom stereocenters. The first-order valence-electron chi connectivity index (χ1n) is 5.21. The molecule has 0 unspecified atom stereocenters. The van der Waals surface area contributed by atoms with E-state index in [4.69, 9.17) is 4.74 Å².